The van der Waals surface area contributed by atoms with Gasteiger partial charge in [-0.3, -0.25) is 9.59 Å². The van der Waals surface area contributed by atoms with E-state index in [4.69, 9.17) is 9.15 Å². The highest BCUT2D eigenvalue weighted by Crippen LogP contribution is 2.36. The van der Waals surface area contributed by atoms with E-state index >= 15 is 0 Å². The molecule has 3 aromatic carbocycles. The van der Waals surface area contributed by atoms with E-state index in [1.165, 1.54) is 0 Å². The van der Waals surface area contributed by atoms with Crippen LogP contribution in [0.4, 0.5) is 5.69 Å². The van der Waals surface area contributed by atoms with Crippen LogP contribution in [0.3, 0.4) is 0 Å². The van der Waals surface area contributed by atoms with Gasteiger partial charge in [0.1, 0.15) is 16.9 Å². The van der Waals surface area contributed by atoms with Crippen LogP contribution in [-0.2, 0) is 16.0 Å². The summed E-state index contributed by atoms with van der Waals surface area (Å²) in [6, 6.07) is 21.1. The van der Waals surface area contributed by atoms with E-state index in [2.05, 4.69) is 15.8 Å². The number of fused-ring (bicyclic) bond motifs is 3. The number of hydrazone groups is 1. The molecule has 0 saturated carbocycles. The zero-order valence-corrected chi connectivity index (χ0v) is 18.6. The predicted octanol–water partition coefficient (Wildman–Crippen LogP) is 5.05. The lowest BCUT2D eigenvalue weighted by Gasteiger charge is -2.10. The Labute approximate surface area is 191 Å². The zero-order chi connectivity index (χ0) is 23.2. The fraction of sp³-hybridized carbons (Fsp3) is 0.192. The number of hydrogen-bond acceptors (Lipinski definition) is 5. The van der Waals surface area contributed by atoms with Gasteiger partial charge in [0.25, 0.3) is 0 Å². The number of hydrogen-bond donors (Lipinski definition) is 2. The Hall–Kier alpha value is -4.13. The number of aryl methyl sites for hydroxylation is 1. The lowest BCUT2D eigenvalue weighted by molar-refractivity contribution is -0.121. The van der Waals surface area contributed by atoms with Crippen molar-refractivity contribution in [3.05, 3.63) is 72.3 Å². The summed E-state index contributed by atoms with van der Waals surface area (Å²) in [5, 5.41) is 8.79. The lowest BCUT2D eigenvalue weighted by atomic mass is 10.1. The number of carbonyl (C=O) groups excluding carboxylic acids is 2. The molecule has 0 bridgehead atoms. The van der Waals surface area contributed by atoms with Gasteiger partial charge in [-0.1, -0.05) is 48.5 Å². The number of carbonyl (C=O) groups is 2. The predicted molar refractivity (Wildman–Crippen MR) is 130 cm³/mol. The third-order valence-electron chi connectivity index (χ3n) is 5.24. The highest BCUT2D eigenvalue weighted by molar-refractivity contribution is 6.10. The Morgan fingerprint density at radius 1 is 0.939 bits per heavy atom. The van der Waals surface area contributed by atoms with Crippen LogP contribution in [0.1, 0.15) is 25.3 Å². The van der Waals surface area contributed by atoms with Gasteiger partial charge in [0.2, 0.25) is 11.8 Å². The second-order valence-corrected chi connectivity index (χ2v) is 7.74. The van der Waals surface area contributed by atoms with Gasteiger partial charge < -0.3 is 14.5 Å². The van der Waals surface area contributed by atoms with Crippen LogP contribution < -0.4 is 15.5 Å². The Morgan fingerprint density at radius 3 is 2.48 bits per heavy atom. The summed E-state index contributed by atoms with van der Waals surface area (Å²) in [6.45, 7) is 1.69. The van der Waals surface area contributed by atoms with Crippen LogP contribution in [0.25, 0.3) is 21.9 Å². The Morgan fingerprint density at radius 2 is 1.70 bits per heavy atom. The Balaban J connectivity index is 1.37. The molecule has 1 aromatic heterocycles. The summed E-state index contributed by atoms with van der Waals surface area (Å²) in [7, 11) is 1.55. The van der Waals surface area contributed by atoms with Crippen molar-refractivity contribution in [2.45, 2.75) is 26.2 Å². The molecule has 2 amide bonds. The van der Waals surface area contributed by atoms with E-state index in [1.54, 1.807) is 20.1 Å². The van der Waals surface area contributed by atoms with E-state index in [0.717, 1.165) is 21.9 Å². The molecule has 0 aliphatic rings. The maximum Gasteiger partial charge on any atom is 0.240 e. The molecule has 0 fully saturated rings. The van der Waals surface area contributed by atoms with Crippen molar-refractivity contribution in [2.24, 2.45) is 5.10 Å². The number of ether oxygens (including phenoxy) is 1. The van der Waals surface area contributed by atoms with Crippen LogP contribution in [0.5, 0.6) is 5.75 Å². The minimum atomic E-state index is -0.274. The number of para-hydroxylation sites is 1. The van der Waals surface area contributed by atoms with E-state index in [1.807, 2.05) is 60.7 Å². The normalized spacial score (nSPS) is 11.5. The lowest BCUT2D eigenvalue weighted by Crippen LogP contribution is -2.21. The molecule has 7 nitrogen and oxygen atoms in total. The highest BCUT2D eigenvalue weighted by Gasteiger charge is 2.14. The van der Waals surface area contributed by atoms with Gasteiger partial charge in [0, 0.05) is 29.0 Å². The van der Waals surface area contributed by atoms with Crippen LogP contribution in [-0.4, -0.2) is 24.6 Å². The first-order valence-electron chi connectivity index (χ1n) is 10.7. The number of nitrogens with one attached hydrogen (secondary N) is 2. The molecule has 0 aliphatic heterocycles. The number of rotatable bonds is 8. The molecule has 0 atom stereocenters. The average molecular weight is 444 g/mol. The summed E-state index contributed by atoms with van der Waals surface area (Å²) < 4.78 is 11.4. The van der Waals surface area contributed by atoms with Crippen LogP contribution in [0, 0.1) is 0 Å². The molecule has 4 aromatic rings. The molecule has 0 aliphatic carbocycles. The first-order chi connectivity index (χ1) is 16.0. The second-order valence-electron chi connectivity index (χ2n) is 7.74. The topological polar surface area (TPSA) is 92.9 Å². The molecule has 1 heterocycles. The number of nitrogens with zero attached hydrogens (tertiary/aromatic N) is 1. The average Bonchev–Trinajstić information content (AvgIpc) is 3.18. The molecule has 2 N–H and O–H groups in total. The molecule has 168 valence electrons. The summed E-state index contributed by atoms with van der Waals surface area (Å²) >= 11 is 0. The maximum atomic E-state index is 12.6. The van der Waals surface area contributed by atoms with Gasteiger partial charge in [-0.15, -0.1) is 0 Å². The molecule has 0 spiro atoms. The second kappa shape index (κ2) is 9.99. The monoisotopic (exact) mass is 443 g/mol. The molecular formula is C26H25N3O4. The van der Waals surface area contributed by atoms with Crippen LogP contribution >= 0.6 is 0 Å². The van der Waals surface area contributed by atoms with Crippen LogP contribution in [0.2, 0.25) is 0 Å². The SMILES string of the molecule is COc1cc2c(cc1NC(=O)CC(C)=NNC(=O)CCc1ccccc1)oc1ccccc12. The third kappa shape index (κ3) is 5.38. The molecule has 0 unspecified atom stereocenters. The van der Waals surface area contributed by atoms with Gasteiger partial charge >= 0.3 is 0 Å². The van der Waals surface area contributed by atoms with Gasteiger partial charge in [-0.25, -0.2) is 5.43 Å². The molecule has 7 heteroatoms. The fourth-order valence-corrected chi connectivity index (χ4v) is 3.60. The first kappa shape index (κ1) is 22.1. The van der Waals surface area contributed by atoms with Crippen molar-refractivity contribution in [1.29, 1.82) is 0 Å². The number of benzene rings is 3. The van der Waals surface area contributed by atoms with Crippen molar-refractivity contribution < 1.29 is 18.7 Å². The maximum absolute atomic E-state index is 12.6. The largest absolute Gasteiger partial charge is 0.495 e. The minimum absolute atomic E-state index is 0.0281. The van der Waals surface area contributed by atoms with E-state index in [0.29, 0.717) is 35.6 Å². The third-order valence-corrected chi connectivity index (χ3v) is 5.24. The van der Waals surface area contributed by atoms with Crippen molar-refractivity contribution in [2.75, 3.05) is 12.4 Å². The molecule has 0 saturated heterocycles. The highest BCUT2D eigenvalue weighted by atomic mass is 16.5. The molecular weight excluding hydrogens is 418 g/mol. The fourth-order valence-electron chi connectivity index (χ4n) is 3.60. The van der Waals surface area contributed by atoms with E-state index < -0.39 is 0 Å². The summed E-state index contributed by atoms with van der Waals surface area (Å²) in [6.07, 6.45) is 0.980. The molecule has 0 radical (unpaired) electrons. The van der Waals surface area contributed by atoms with Crippen molar-refractivity contribution >= 4 is 45.2 Å². The van der Waals surface area contributed by atoms with Crippen molar-refractivity contribution in [3.63, 3.8) is 0 Å². The van der Waals surface area contributed by atoms with Crippen molar-refractivity contribution in [3.8, 4) is 5.75 Å². The van der Waals surface area contributed by atoms with E-state index in [9.17, 15) is 9.59 Å². The molecule has 4 rings (SSSR count). The summed E-state index contributed by atoms with van der Waals surface area (Å²) in [5.74, 6) is 0.0605. The van der Waals surface area contributed by atoms with Crippen LogP contribution in [0.15, 0.2) is 76.2 Å². The number of amides is 2. The first-order valence-corrected chi connectivity index (χ1v) is 10.7. The summed E-state index contributed by atoms with van der Waals surface area (Å²) in [5.41, 5.74) is 6.02. The van der Waals surface area contributed by atoms with Gasteiger partial charge in [-0.05, 0) is 31.0 Å². The van der Waals surface area contributed by atoms with E-state index in [-0.39, 0.29) is 18.2 Å². The molecule has 33 heavy (non-hydrogen) atoms. The zero-order valence-electron chi connectivity index (χ0n) is 18.6. The Bertz CT molecular complexity index is 1330. The number of anilines is 1. The standard InChI is InChI=1S/C26H25N3O4/c1-17(28-29-25(30)13-12-18-8-4-3-5-9-18)14-26(31)27-21-16-23-20(15-24(21)32-2)19-10-6-7-11-22(19)33-23/h3-11,15-16H,12-14H2,1-2H3,(H,27,31)(H,29,30). The quantitative estimate of drug-likeness (QED) is 0.294. The Kier molecular flexibility index (Phi) is 6.69. The number of methoxy groups -OCH3 is 1. The number of furan rings is 1. The van der Waals surface area contributed by atoms with Gasteiger partial charge in [0.05, 0.1) is 19.2 Å². The summed E-state index contributed by atoms with van der Waals surface area (Å²) in [4.78, 5) is 24.6. The van der Waals surface area contributed by atoms with Crippen molar-refractivity contribution in [1.82, 2.24) is 5.43 Å². The minimum Gasteiger partial charge on any atom is -0.495 e. The smallest absolute Gasteiger partial charge is 0.240 e. The van der Waals surface area contributed by atoms with Gasteiger partial charge in [-0.2, -0.15) is 5.10 Å². The van der Waals surface area contributed by atoms with Gasteiger partial charge in [0.15, 0.2) is 0 Å².